The number of rotatable bonds is 2. The highest BCUT2D eigenvalue weighted by Gasteiger charge is 2.14. The SMILES string of the molecule is O=C/C=C1/SSC=C1c1ccccc1. The zero-order chi connectivity index (χ0) is 9.80. The Morgan fingerprint density at radius 3 is 2.64 bits per heavy atom. The van der Waals surface area contributed by atoms with Crippen LogP contribution in [0.2, 0.25) is 0 Å². The second kappa shape index (κ2) is 4.53. The predicted octanol–water partition coefficient (Wildman–Crippen LogP) is 3.51. The van der Waals surface area contributed by atoms with Crippen molar-refractivity contribution in [3.8, 4) is 0 Å². The standard InChI is InChI=1S/C11H8OS2/c12-7-6-11-10(8-13-14-11)9-4-2-1-3-5-9/h1-8H/b11-6+. The predicted molar refractivity (Wildman–Crippen MR) is 63.7 cm³/mol. The zero-order valence-electron chi connectivity index (χ0n) is 7.34. The molecule has 1 nitrogen and oxygen atoms in total. The Kier molecular flexibility index (Phi) is 3.11. The Balaban J connectivity index is 2.35. The van der Waals surface area contributed by atoms with E-state index in [0.29, 0.717) is 0 Å². The van der Waals surface area contributed by atoms with Crippen molar-refractivity contribution in [3.63, 3.8) is 0 Å². The molecule has 14 heavy (non-hydrogen) atoms. The van der Waals surface area contributed by atoms with E-state index in [9.17, 15) is 4.79 Å². The first-order valence-corrected chi connectivity index (χ1v) is 6.38. The minimum Gasteiger partial charge on any atom is -0.299 e. The van der Waals surface area contributed by atoms with Crippen LogP contribution in [0, 0.1) is 0 Å². The van der Waals surface area contributed by atoms with E-state index in [0.717, 1.165) is 22.3 Å². The lowest BCUT2D eigenvalue weighted by atomic mass is 10.1. The first kappa shape index (κ1) is 9.62. The van der Waals surface area contributed by atoms with Crippen molar-refractivity contribution in [2.75, 3.05) is 0 Å². The van der Waals surface area contributed by atoms with Gasteiger partial charge in [0.1, 0.15) is 6.29 Å². The smallest absolute Gasteiger partial charge is 0.144 e. The fourth-order valence-electron chi connectivity index (χ4n) is 1.23. The summed E-state index contributed by atoms with van der Waals surface area (Å²) in [6.07, 6.45) is 2.45. The molecule has 70 valence electrons. The van der Waals surface area contributed by atoms with Gasteiger partial charge in [0.25, 0.3) is 0 Å². The first-order valence-electron chi connectivity index (χ1n) is 4.16. The second-order valence-corrected chi connectivity index (χ2v) is 4.86. The van der Waals surface area contributed by atoms with Gasteiger partial charge in [-0.3, -0.25) is 4.79 Å². The van der Waals surface area contributed by atoms with Crippen LogP contribution < -0.4 is 0 Å². The molecule has 3 heteroatoms. The van der Waals surface area contributed by atoms with Crippen molar-refractivity contribution in [3.05, 3.63) is 52.3 Å². The summed E-state index contributed by atoms with van der Waals surface area (Å²) in [4.78, 5) is 11.4. The molecule has 0 radical (unpaired) electrons. The third-order valence-electron chi connectivity index (χ3n) is 1.87. The summed E-state index contributed by atoms with van der Waals surface area (Å²) in [5.74, 6) is 0. The Labute approximate surface area is 90.7 Å². The van der Waals surface area contributed by atoms with E-state index in [4.69, 9.17) is 0 Å². The minimum atomic E-state index is 0.838. The van der Waals surface area contributed by atoms with Crippen LogP contribution in [-0.4, -0.2) is 6.29 Å². The summed E-state index contributed by atoms with van der Waals surface area (Å²) in [7, 11) is 3.28. The van der Waals surface area contributed by atoms with E-state index in [1.165, 1.54) is 0 Å². The maximum Gasteiger partial charge on any atom is 0.144 e. The number of hydrogen-bond donors (Lipinski definition) is 0. The van der Waals surface area contributed by atoms with Gasteiger partial charge in [0.05, 0.1) is 0 Å². The van der Waals surface area contributed by atoms with Gasteiger partial charge in [0, 0.05) is 10.5 Å². The molecule has 1 aromatic carbocycles. The van der Waals surface area contributed by atoms with Crippen LogP contribution in [0.1, 0.15) is 5.56 Å². The number of carbonyl (C=O) groups is 1. The van der Waals surface area contributed by atoms with Gasteiger partial charge < -0.3 is 0 Å². The Morgan fingerprint density at radius 2 is 1.93 bits per heavy atom. The van der Waals surface area contributed by atoms with Gasteiger partial charge in [-0.25, -0.2) is 0 Å². The fraction of sp³-hybridized carbons (Fsp3) is 0. The van der Waals surface area contributed by atoms with E-state index in [1.807, 2.05) is 18.2 Å². The Bertz CT molecular complexity index is 393. The molecule has 0 aromatic heterocycles. The van der Waals surface area contributed by atoms with Crippen molar-refractivity contribution in [1.82, 2.24) is 0 Å². The zero-order valence-corrected chi connectivity index (χ0v) is 8.98. The molecule has 0 amide bonds. The summed E-state index contributed by atoms with van der Waals surface area (Å²) in [6, 6.07) is 10.1. The summed E-state index contributed by atoms with van der Waals surface area (Å²) in [6.45, 7) is 0. The molecule has 0 bridgehead atoms. The minimum absolute atomic E-state index is 0.838. The van der Waals surface area contributed by atoms with Crippen molar-refractivity contribution in [2.24, 2.45) is 0 Å². The second-order valence-electron chi connectivity index (χ2n) is 2.74. The lowest BCUT2D eigenvalue weighted by molar-refractivity contribution is -0.104. The van der Waals surface area contributed by atoms with Gasteiger partial charge in [0.2, 0.25) is 0 Å². The van der Waals surface area contributed by atoms with Gasteiger partial charge in [-0.15, -0.1) is 0 Å². The van der Waals surface area contributed by atoms with Crippen LogP contribution in [0.15, 0.2) is 46.7 Å². The highest BCUT2D eigenvalue weighted by molar-refractivity contribution is 8.80. The lowest BCUT2D eigenvalue weighted by Gasteiger charge is -2.02. The van der Waals surface area contributed by atoms with Crippen LogP contribution in [0.5, 0.6) is 0 Å². The molecular formula is C11H8OS2. The van der Waals surface area contributed by atoms with E-state index < -0.39 is 0 Å². The number of benzene rings is 1. The van der Waals surface area contributed by atoms with Crippen molar-refractivity contribution < 1.29 is 4.79 Å². The molecule has 1 aliphatic rings. The fourth-order valence-corrected chi connectivity index (χ4v) is 3.38. The third-order valence-corrected chi connectivity index (χ3v) is 3.95. The van der Waals surface area contributed by atoms with Crippen LogP contribution in [-0.2, 0) is 4.79 Å². The molecular weight excluding hydrogens is 212 g/mol. The molecule has 2 rings (SSSR count). The first-order chi connectivity index (χ1) is 6.92. The number of hydrogen-bond acceptors (Lipinski definition) is 3. The average Bonchev–Trinajstić information content (AvgIpc) is 2.68. The molecule has 0 saturated heterocycles. The largest absolute Gasteiger partial charge is 0.299 e. The maximum absolute atomic E-state index is 10.4. The molecule has 1 aromatic rings. The number of aldehydes is 1. The average molecular weight is 220 g/mol. The molecule has 0 N–H and O–H groups in total. The quantitative estimate of drug-likeness (QED) is 0.431. The van der Waals surface area contributed by atoms with Crippen molar-refractivity contribution in [2.45, 2.75) is 0 Å². The Morgan fingerprint density at radius 1 is 1.14 bits per heavy atom. The highest BCUT2D eigenvalue weighted by Crippen LogP contribution is 2.47. The molecule has 0 atom stereocenters. The van der Waals surface area contributed by atoms with Crippen LogP contribution >= 0.6 is 21.6 Å². The van der Waals surface area contributed by atoms with Gasteiger partial charge in [-0.2, -0.15) is 0 Å². The molecule has 0 spiro atoms. The van der Waals surface area contributed by atoms with Crippen LogP contribution in [0.3, 0.4) is 0 Å². The van der Waals surface area contributed by atoms with E-state index in [1.54, 1.807) is 27.7 Å². The third kappa shape index (κ3) is 1.94. The molecule has 1 heterocycles. The van der Waals surface area contributed by atoms with Gasteiger partial charge in [-0.1, -0.05) is 51.9 Å². The van der Waals surface area contributed by atoms with E-state index in [-0.39, 0.29) is 0 Å². The van der Waals surface area contributed by atoms with E-state index in [2.05, 4.69) is 17.5 Å². The summed E-state index contributed by atoms with van der Waals surface area (Å²) >= 11 is 0. The summed E-state index contributed by atoms with van der Waals surface area (Å²) < 4.78 is 0. The van der Waals surface area contributed by atoms with Gasteiger partial charge >= 0.3 is 0 Å². The molecule has 0 aliphatic carbocycles. The molecule has 0 unspecified atom stereocenters. The highest BCUT2D eigenvalue weighted by atomic mass is 33.1. The van der Waals surface area contributed by atoms with E-state index >= 15 is 0 Å². The van der Waals surface area contributed by atoms with Gasteiger partial charge in [0.15, 0.2) is 0 Å². The topological polar surface area (TPSA) is 17.1 Å². The number of carbonyl (C=O) groups excluding carboxylic acids is 1. The van der Waals surface area contributed by atoms with Crippen molar-refractivity contribution in [1.29, 1.82) is 0 Å². The monoisotopic (exact) mass is 220 g/mol. The van der Waals surface area contributed by atoms with Crippen LogP contribution in [0.4, 0.5) is 0 Å². The lowest BCUT2D eigenvalue weighted by Crippen LogP contribution is -1.82. The van der Waals surface area contributed by atoms with Crippen LogP contribution in [0.25, 0.3) is 5.57 Å². The summed E-state index contributed by atoms with van der Waals surface area (Å²) in [5.41, 5.74) is 2.31. The maximum atomic E-state index is 10.4. The Hall–Kier alpha value is -0.930. The number of allylic oxidation sites excluding steroid dienone is 2. The van der Waals surface area contributed by atoms with Crippen molar-refractivity contribution >= 4 is 33.4 Å². The molecule has 0 fully saturated rings. The summed E-state index contributed by atoms with van der Waals surface area (Å²) in [5, 5.41) is 2.08. The molecule has 0 saturated carbocycles. The molecule has 1 aliphatic heterocycles. The normalized spacial score (nSPS) is 18.3. The van der Waals surface area contributed by atoms with Gasteiger partial charge in [-0.05, 0) is 17.0 Å².